The van der Waals surface area contributed by atoms with E-state index in [2.05, 4.69) is 21.6 Å². The van der Waals surface area contributed by atoms with Crippen LogP contribution in [0.25, 0.3) is 17.5 Å². The molecule has 1 aliphatic carbocycles. The van der Waals surface area contributed by atoms with Gasteiger partial charge in [-0.15, -0.1) is 0 Å². The number of rotatable bonds is 13. The predicted octanol–water partition coefficient (Wildman–Crippen LogP) is 11.6. The molecule has 0 unspecified atom stereocenters. The Bertz CT molecular complexity index is 1720. The van der Waals surface area contributed by atoms with Crippen molar-refractivity contribution in [1.82, 2.24) is 9.97 Å². The second kappa shape index (κ2) is 16.0. The van der Waals surface area contributed by atoms with E-state index in [1.807, 2.05) is 12.4 Å². The zero-order valence-electron chi connectivity index (χ0n) is 26.9. The fraction of sp³-hybridized carbons (Fsp3) is 0.368. The SMILES string of the molecule is CCCCCC1CCC(c2cnc(-c3ccc(CCC=Cc4cc(F)c(C(F)(F)Oc5cc(F)c(F)c(F)c5)c(F)c4)c(F)c3)nc2)CC1. The molecule has 0 N–H and O–H groups in total. The molecule has 49 heavy (non-hydrogen) atoms. The molecule has 1 fully saturated rings. The van der Waals surface area contributed by atoms with Crippen molar-refractivity contribution in [3.8, 4) is 17.1 Å². The Morgan fingerprint density at radius 3 is 2.06 bits per heavy atom. The molecule has 11 heteroatoms. The number of ether oxygens (including phenoxy) is 1. The van der Waals surface area contributed by atoms with Gasteiger partial charge in [0, 0.05) is 30.1 Å². The van der Waals surface area contributed by atoms with Gasteiger partial charge in [-0.1, -0.05) is 56.9 Å². The van der Waals surface area contributed by atoms with Crippen molar-refractivity contribution in [3.63, 3.8) is 0 Å². The summed E-state index contributed by atoms with van der Waals surface area (Å²) in [5.74, 6) is -8.90. The first-order chi connectivity index (χ1) is 23.4. The Hall–Kier alpha value is -4.28. The number of halogens is 8. The molecule has 3 nitrogen and oxygen atoms in total. The molecule has 1 aliphatic rings. The fourth-order valence-electron chi connectivity index (χ4n) is 6.27. The van der Waals surface area contributed by atoms with E-state index in [4.69, 9.17) is 0 Å². The number of aromatic nitrogens is 2. The molecular formula is C38H36F8N2O. The number of hydrogen-bond acceptors (Lipinski definition) is 3. The molecule has 0 amide bonds. The summed E-state index contributed by atoms with van der Waals surface area (Å²) in [4.78, 5) is 9.00. The summed E-state index contributed by atoms with van der Waals surface area (Å²) < 4.78 is 117. The van der Waals surface area contributed by atoms with E-state index in [0.29, 0.717) is 35.0 Å². The molecule has 0 aliphatic heterocycles. The normalized spacial score (nSPS) is 16.8. The Morgan fingerprint density at radius 2 is 1.45 bits per heavy atom. The van der Waals surface area contributed by atoms with Crippen LogP contribution in [0.1, 0.15) is 92.9 Å². The lowest BCUT2D eigenvalue weighted by atomic mass is 9.77. The van der Waals surface area contributed by atoms with Crippen LogP contribution in [0.15, 0.2) is 60.9 Å². The second-order valence-electron chi connectivity index (χ2n) is 12.5. The standard InChI is InChI=1S/C38H36F8N2O/c1-2-3-4-7-23-10-12-25(13-11-23)28-21-47-37(48-22-28)27-15-14-26(30(39)18-27)9-6-5-8-24-16-31(40)35(32(41)17-24)38(45,46)49-29-19-33(42)36(44)34(43)20-29/h5,8,14-23,25H,2-4,6-7,9-13H2,1H3. The number of nitrogens with zero attached hydrogens (tertiary/aromatic N) is 2. The molecule has 1 aromatic heterocycles. The van der Waals surface area contributed by atoms with Gasteiger partial charge in [-0.3, -0.25) is 0 Å². The zero-order valence-corrected chi connectivity index (χ0v) is 26.9. The van der Waals surface area contributed by atoms with Crippen LogP contribution in [0.2, 0.25) is 0 Å². The van der Waals surface area contributed by atoms with E-state index in [1.54, 1.807) is 12.1 Å². The number of benzene rings is 3. The number of aryl methyl sites for hydroxylation is 1. The third-order valence-corrected chi connectivity index (χ3v) is 8.97. The van der Waals surface area contributed by atoms with Crippen LogP contribution in [-0.2, 0) is 12.5 Å². The summed E-state index contributed by atoms with van der Waals surface area (Å²) in [6.07, 6.45) is 12.1. The van der Waals surface area contributed by atoms with Crippen molar-refractivity contribution in [2.45, 2.75) is 83.2 Å². The van der Waals surface area contributed by atoms with Gasteiger partial charge in [-0.25, -0.2) is 36.3 Å². The van der Waals surface area contributed by atoms with E-state index in [0.717, 1.165) is 24.3 Å². The average Bonchev–Trinajstić information content (AvgIpc) is 3.06. The van der Waals surface area contributed by atoms with E-state index in [9.17, 15) is 35.1 Å². The molecule has 1 saturated carbocycles. The summed E-state index contributed by atoms with van der Waals surface area (Å²) in [6.45, 7) is 2.22. The quantitative estimate of drug-likeness (QED) is 0.0797. The van der Waals surface area contributed by atoms with Crippen molar-refractivity contribution in [2.24, 2.45) is 5.92 Å². The minimum absolute atomic E-state index is 0.107. The molecule has 0 atom stereocenters. The van der Waals surface area contributed by atoms with Crippen LogP contribution in [0.5, 0.6) is 5.75 Å². The van der Waals surface area contributed by atoms with Crippen molar-refractivity contribution in [3.05, 3.63) is 118 Å². The van der Waals surface area contributed by atoms with Crippen molar-refractivity contribution in [2.75, 3.05) is 0 Å². The van der Waals surface area contributed by atoms with Crippen LogP contribution >= 0.6 is 0 Å². The third-order valence-electron chi connectivity index (χ3n) is 8.97. The van der Waals surface area contributed by atoms with Gasteiger partial charge in [0.25, 0.3) is 0 Å². The maximum Gasteiger partial charge on any atom is 0.432 e. The third kappa shape index (κ3) is 9.05. The highest BCUT2D eigenvalue weighted by molar-refractivity contribution is 5.56. The minimum atomic E-state index is -4.68. The second-order valence-corrected chi connectivity index (χ2v) is 12.5. The summed E-state index contributed by atoms with van der Waals surface area (Å²) in [7, 11) is 0. The largest absolute Gasteiger partial charge is 0.432 e. The van der Waals surface area contributed by atoms with E-state index in [1.165, 1.54) is 56.7 Å². The number of allylic oxidation sites excluding steroid dienone is 1. The van der Waals surface area contributed by atoms with E-state index >= 15 is 0 Å². The molecule has 260 valence electrons. The van der Waals surface area contributed by atoms with E-state index in [-0.39, 0.29) is 30.5 Å². The van der Waals surface area contributed by atoms with Crippen molar-refractivity contribution in [1.29, 1.82) is 0 Å². The summed E-state index contributed by atoms with van der Waals surface area (Å²) in [6, 6.07) is 6.19. The Labute approximate surface area is 280 Å². The lowest BCUT2D eigenvalue weighted by Crippen LogP contribution is -2.25. The van der Waals surface area contributed by atoms with Crippen LogP contribution in [0.4, 0.5) is 35.1 Å². The number of unbranched alkanes of at least 4 members (excludes halogenated alkanes) is 2. The summed E-state index contributed by atoms with van der Waals surface area (Å²) >= 11 is 0. The molecule has 0 spiro atoms. The summed E-state index contributed by atoms with van der Waals surface area (Å²) in [5.41, 5.74) is 0.124. The number of hydrogen-bond donors (Lipinski definition) is 0. The van der Waals surface area contributed by atoms with Gasteiger partial charge >= 0.3 is 6.11 Å². The highest BCUT2D eigenvalue weighted by atomic mass is 19.3. The predicted molar refractivity (Wildman–Crippen MR) is 171 cm³/mol. The smallest absolute Gasteiger partial charge is 0.429 e. The molecule has 0 saturated heterocycles. The number of alkyl halides is 2. The van der Waals surface area contributed by atoms with Gasteiger partial charge in [0.1, 0.15) is 28.8 Å². The van der Waals surface area contributed by atoms with Gasteiger partial charge in [-0.05, 0) is 85.3 Å². The first kappa shape index (κ1) is 36.0. The van der Waals surface area contributed by atoms with Crippen LogP contribution in [0.3, 0.4) is 0 Å². The lowest BCUT2D eigenvalue weighted by molar-refractivity contribution is -0.189. The summed E-state index contributed by atoms with van der Waals surface area (Å²) in [5, 5.41) is 0. The van der Waals surface area contributed by atoms with Gasteiger partial charge in [0.05, 0.1) is 0 Å². The maximum atomic E-state index is 15.0. The minimum Gasteiger partial charge on any atom is -0.429 e. The van der Waals surface area contributed by atoms with Gasteiger partial charge in [0.15, 0.2) is 23.3 Å². The lowest BCUT2D eigenvalue weighted by Gasteiger charge is -2.28. The molecule has 0 bridgehead atoms. The topological polar surface area (TPSA) is 35.0 Å². The van der Waals surface area contributed by atoms with Crippen LogP contribution < -0.4 is 4.74 Å². The van der Waals surface area contributed by atoms with Gasteiger partial charge < -0.3 is 4.74 Å². The van der Waals surface area contributed by atoms with E-state index < -0.39 is 52.3 Å². The molecule has 0 radical (unpaired) electrons. The molecular weight excluding hydrogens is 652 g/mol. The average molecular weight is 689 g/mol. The van der Waals surface area contributed by atoms with Crippen molar-refractivity contribution >= 4 is 6.08 Å². The maximum absolute atomic E-state index is 15.0. The first-order valence-electron chi connectivity index (χ1n) is 16.4. The highest BCUT2D eigenvalue weighted by Crippen LogP contribution is 2.38. The van der Waals surface area contributed by atoms with Gasteiger partial charge in [0.2, 0.25) is 0 Å². The molecule has 5 rings (SSSR count). The van der Waals surface area contributed by atoms with Crippen LogP contribution in [-0.4, -0.2) is 9.97 Å². The zero-order chi connectivity index (χ0) is 35.1. The van der Waals surface area contributed by atoms with Crippen molar-refractivity contribution < 1.29 is 39.9 Å². The molecule has 4 aromatic rings. The van der Waals surface area contributed by atoms with Gasteiger partial charge in [-0.2, -0.15) is 8.78 Å². The Kier molecular flexibility index (Phi) is 11.7. The molecule has 3 aromatic carbocycles. The van der Waals surface area contributed by atoms with Crippen LogP contribution in [0, 0.1) is 40.8 Å². The fourth-order valence-corrected chi connectivity index (χ4v) is 6.27. The molecule has 1 heterocycles. The Morgan fingerprint density at radius 1 is 0.796 bits per heavy atom. The monoisotopic (exact) mass is 688 g/mol. The first-order valence-corrected chi connectivity index (χ1v) is 16.4. The Balaban J connectivity index is 1.15. The highest BCUT2D eigenvalue weighted by Gasteiger charge is 2.41.